The zero-order valence-electron chi connectivity index (χ0n) is 21.4. The normalized spacial score (nSPS) is 30.9. The van der Waals surface area contributed by atoms with E-state index in [2.05, 4.69) is 20.1 Å². The third-order valence-corrected chi connectivity index (χ3v) is 8.01. The first-order valence-corrected chi connectivity index (χ1v) is 13.2. The third kappa shape index (κ3) is 4.79. The first-order chi connectivity index (χ1) is 16.9. The molecule has 3 fully saturated rings. The molecule has 1 spiro atoms. The molecule has 0 saturated carbocycles. The Labute approximate surface area is 209 Å². The highest BCUT2D eigenvalue weighted by atomic mass is 16.6. The minimum atomic E-state index is -1.05. The molecule has 8 nitrogen and oxygen atoms in total. The zero-order chi connectivity index (χ0) is 25.6. The number of aliphatic hydroxyl groups is 1. The number of unbranched alkanes of at least 4 members (excludes halogenated alkanes) is 3. The third-order valence-electron chi connectivity index (χ3n) is 8.01. The van der Waals surface area contributed by atoms with Crippen molar-refractivity contribution in [3.8, 4) is 0 Å². The van der Waals surface area contributed by atoms with Gasteiger partial charge in [-0.3, -0.25) is 14.4 Å². The summed E-state index contributed by atoms with van der Waals surface area (Å²) >= 11 is 0. The summed E-state index contributed by atoms with van der Waals surface area (Å²) in [5.41, 5.74) is -1.86. The quantitative estimate of drug-likeness (QED) is 0.215. The van der Waals surface area contributed by atoms with Crippen LogP contribution >= 0.6 is 0 Å². The second-order valence-electron chi connectivity index (χ2n) is 9.99. The van der Waals surface area contributed by atoms with Crippen LogP contribution in [0.4, 0.5) is 0 Å². The standard InChI is InChI=1S/C27H42N2O6/c1-5-9-10-16-28(15-6-2)24(32)22-27-14-13-26(8-4,35-27)21(25(33)34-19-7-3)20(27)23(31)29(22)17-11-12-18-30/h6-7,20-22,30H,2-3,5,8-19H2,1,4H3/t20-,21+,22?,26-,27?/m0/s1. The van der Waals surface area contributed by atoms with E-state index in [-0.39, 0.29) is 25.0 Å². The average molecular weight is 491 g/mol. The number of hydrogen-bond donors (Lipinski definition) is 1. The number of aliphatic hydroxyl groups excluding tert-OH is 1. The Morgan fingerprint density at radius 1 is 1.20 bits per heavy atom. The summed E-state index contributed by atoms with van der Waals surface area (Å²) in [6, 6.07) is -0.800. The lowest BCUT2D eigenvalue weighted by Gasteiger charge is -2.37. The topological polar surface area (TPSA) is 96.4 Å². The van der Waals surface area contributed by atoms with Crippen molar-refractivity contribution in [1.29, 1.82) is 0 Å². The number of carbonyl (C=O) groups is 3. The molecular formula is C27H42N2O6. The summed E-state index contributed by atoms with van der Waals surface area (Å²) in [5.74, 6) is -2.32. The second-order valence-corrected chi connectivity index (χ2v) is 9.99. The molecule has 35 heavy (non-hydrogen) atoms. The predicted molar refractivity (Wildman–Crippen MR) is 132 cm³/mol. The van der Waals surface area contributed by atoms with Crippen LogP contribution < -0.4 is 0 Å². The van der Waals surface area contributed by atoms with Gasteiger partial charge in [0, 0.05) is 26.2 Å². The van der Waals surface area contributed by atoms with Crippen molar-refractivity contribution in [2.24, 2.45) is 11.8 Å². The van der Waals surface area contributed by atoms with Crippen molar-refractivity contribution >= 4 is 17.8 Å². The number of esters is 1. The summed E-state index contributed by atoms with van der Waals surface area (Å²) in [4.78, 5) is 44.7. The molecule has 8 heteroatoms. The summed E-state index contributed by atoms with van der Waals surface area (Å²) in [6.45, 7) is 12.9. The second kappa shape index (κ2) is 11.7. The molecule has 3 heterocycles. The minimum absolute atomic E-state index is 0.0147. The Balaban J connectivity index is 2.01. The predicted octanol–water partition coefficient (Wildman–Crippen LogP) is 2.85. The molecular weight excluding hydrogens is 448 g/mol. The fourth-order valence-electron chi connectivity index (χ4n) is 6.39. The van der Waals surface area contributed by atoms with E-state index in [0.29, 0.717) is 51.7 Å². The highest BCUT2D eigenvalue weighted by Crippen LogP contribution is 2.64. The molecule has 0 aliphatic carbocycles. The van der Waals surface area contributed by atoms with Crippen molar-refractivity contribution in [2.45, 2.75) is 82.5 Å². The lowest BCUT2D eigenvalue weighted by molar-refractivity contribution is -0.161. The maximum absolute atomic E-state index is 14.1. The number of amides is 2. The molecule has 2 amide bonds. The summed E-state index contributed by atoms with van der Waals surface area (Å²) in [7, 11) is 0. The van der Waals surface area contributed by atoms with Gasteiger partial charge in [0.05, 0.1) is 11.5 Å². The van der Waals surface area contributed by atoms with Crippen LogP contribution in [0.5, 0.6) is 0 Å². The van der Waals surface area contributed by atoms with Crippen molar-refractivity contribution in [2.75, 3.05) is 32.8 Å². The molecule has 0 radical (unpaired) electrons. The van der Waals surface area contributed by atoms with Crippen LogP contribution in [-0.4, -0.2) is 82.8 Å². The smallest absolute Gasteiger partial charge is 0.313 e. The Morgan fingerprint density at radius 2 is 1.97 bits per heavy atom. The van der Waals surface area contributed by atoms with Crippen LogP contribution in [0.1, 0.15) is 65.2 Å². The van der Waals surface area contributed by atoms with Crippen LogP contribution in [0, 0.1) is 11.8 Å². The lowest BCUT2D eigenvalue weighted by atomic mass is 9.65. The Morgan fingerprint density at radius 3 is 2.60 bits per heavy atom. The largest absolute Gasteiger partial charge is 0.461 e. The van der Waals surface area contributed by atoms with Gasteiger partial charge in [0.25, 0.3) is 0 Å². The highest BCUT2D eigenvalue weighted by molar-refractivity contribution is 5.98. The highest BCUT2D eigenvalue weighted by Gasteiger charge is 2.79. The molecule has 2 bridgehead atoms. The SMILES string of the molecule is C=CCOC(=O)[C@H]1[C@H]2C(=O)N(CCCCO)C(C(=O)N(CC=C)CCCCC)C23CC[C@]1(CC)O3. The molecule has 5 atom stereocenters. The number of fused-ring (bicyclic) bond motifs is 1. The van der Waals surface area contributed by atoms with E-state index in [4.69, 9.17) is 9.47 Å². The van der Waals surface area contributed by atoms with Crippen molar-refractivity contribution in [1.82, 2.24) is 9.80 Å². The molecule has 0 aromatic rings. The number of likely N-dealkylation sites (tertiary alicyclic amines) is 1. The summed E-state index contributed by atoms with van der Waals surface area (Å²) in [6.07, 6.45) is 8.93. The molecule has 0 aromatic carbocycles. The number of rotatable bonds is 15. The van der Waals surface area contributed by atoms with Gasteiger partial charge in [-0.15, -0.1) is 6.58 Å². The van der Waals surface area contributed by atoms with Crippen molar-refractivity contribution in [3.05, 3.63) is 25.3 Å². The van der Waals surface area contributed by atoms with E-state index >= 15 is 0 Å². The minimum Gasteiger partial charge on any atom is -0.461 e. The number of hydrogen-bond acceptors (Lipinski definition) is 6. The van der Waals surface area contributed by atoms with Gasteiger partial charge in [-0.25, -0.2) is 0 Å². The average Bonchev–Trinajstić information content (AvgIpc) is 3.46. The van der Waals surface area contributed by atoms with Gasteiger partial charge in [0.15, 0.2) is 0 Å². The van der Waals surface area contributed by atoms with Crippen molar-refractivity contribution < 1.29 is 29.0 Å². The Bertz CT molecular complexity index is 815. The van der Waals surface area contributed by atoms with Gasteiger partial charge >= 0.3 is 5.97 Å². The van der Waals surface area contributed by atoms with E-state index in [1.54, 1.807) is 15.9 Å². The molecule has 196 valence electrons. The molecule has 3 saturated heterocycles. The van der Waals surface area contributed by atoms with Crippen LogP contribution in [-0.2, 0) is 23.9 Å². The molecule has 1 N–H and O–H groups in total. The summed E-state index contributed by atoms with van der Waals surface area (Å²) in [5, 5.41) is 9.30. The van der Waals surface area contributed by atoms with Gasteiger partial charge in [-0.05, 0) is 38.5 Å². The first kappa shape index (κ1) is 27.4. The van der Waals surface area contributed by atoms with E-state index in [9.17, 15) is 19.5 Å². The number of carbonyl (C=O) groups excluding carboxylic acids is 3. The Hall–Kier alpha value is -2.19. The number of ether oxygens (including phenoxy) is 2. The van der Waals surface area contributed by atoms with Gasteiger partial charge in [-0.1, -0.05) is 45.4 Å². The van der Waals surface area contributed by atoms with Crippen molar-refractivity contribution in [3.63, 3.8) is 0 Å². The van der Waals surface area contributed by atoms with Gasteiger partial charge < -0.3 is 24.4 Å². The van der Waals surface area contributed by atoms with E-state index < -0.39 is 35.0 Å². The van der Waals surface area contributed by atoms with Crippen LogP contribution in [0.2, 0.25) is 0 Å². The molecule has 2 unspecified atom stereocenters. The van der Waals surface area contributed by atoms with E-state index in [1.807, 2.05) is 6.92 Å². The lowest BCUT2D eigenvalue weighted by Crippen LogP contribution is -2.56. The van der Waals surface area contributed by atoms with Gasteiger partial charge in [0.2, 0.25) is 11.8 Å². The van der Waals surface area contributed by atoms with Gasteiger partial charge in [0.1, 0.15) is 24.2 Å². The van der Waals surface area contributed by atoms with Crippen LogP contribution in [0.3, 0.4) is 0 Å². The molecule has 3 aliphatic rings. The number of nitrogens with zero attached hydrogens (tertiary/aromatic N) is 2. The zero-order valence-corrected chi connectivity index (χ0v) is 21.4. The summed E-state index contributed by atoms with van der Waals surface area (Å²) < 4.78 is 12.2. The van der Waals surface area contributed by atoms with E-state index in [1.165, 1.54) is 6.08 Å². The van der Waals surface area contributed by atoms with E-state index in [0.717, 1.165) is 19.3 Å². The molecule has 3 aliphatic heterocycles. The fourth-order valence-corrected chi connectivity index (χ4v) is 6.39. The molecule has 3 rings (SSSR count). The van der Waals surface area contributed by atoms with Crippen LogP contribution in [0.25, 0.3) is 0 Å². The Kier molecular flexibility index (Phi) is 9.16. The monoisotopic (exact) mass is 490 g/mol. The maximum atomic E-state index is 14.1. The fraction of sp³-hybridized carbons (Fsp3) is 0.741. The van der Waals surface area contributed by atoms with Gasteiger partial charge in [-0.2, -0.15) is 0 Å². The molecule has 0 aromatic heterocycles. The van der Waals surface area contributed by atoms with Crippen LogP contribution in [0.15, 0.2) is 25.3 Å². The maximum Gasteiger partial charge on any atom is 0.313 e. The first-order valence-electron chi connectivity index (χ1n) is 13.2.